The van der Waals surface area contributed by atoms with E-state index in [1.54, 1.807) is 16.8 Å². The Kier molecular flexibility index (Phi) is 5.26. The Morgan fingerprint density at radius 3 is 2.58 bits per heavy atom. The van der Waals surface area contributed by atoms with Crippen molar-refractivity contribution in [3.8, 4) is 6.07 Å². The third kappa shape index (κ3) is 3.84. The third-order valence-electron chi connectivity index (χ3n) is 6.08. The number of nitrogens with zero attached hydrogens (tertiary/aromatic N) is 5. The lowest BCUT2D eigenvalue weighted by Gasteiger charge is -2.28. The van der Waals surface area contributed by atoms with Crippen LogP contribution in [-0.4, -0.2) is 40.8 Å². The van der Waals surface area contributed by atoms with E-state index in [0.717, 1.165) is 63.4 Å². The third-order valence-corrected chi connectivity index (χ3v) is 6.08. The SMILES string of the molecule is N#Cc1cc2cnc(Nc3ccc(N4CCOCC4)cc3)nc2n(C2CCCC2)c1=O. The van der Waals surface area contributed by atoms with Gasteiger partial charge in [-0.1, -0.05) is 12.8 Å². The largest absolute Gasteiger partial charge is 0.378 e. The molecule has 0 spiro atoms. The number of pyridine rings is 1. The first-order valence-corrected chi connectivity index (χ1v) is 10.7. The first kappa shape index (κ1) is 19.5. The summed E-state index contributed by atoms with van der Waals surface area (Å²) in [5.74, 6) is 0.433. The molecular weight excluding hydrogens is 392 g/mol. The predicted octanol–water partition coefficient (Wildman–Crippen LogP) is 3.36. The van der Waals surface area contributed by atoms with Gasteiger partial charge >= 0.3 is 0 Å². The van der Waals surface area contributed by atoms with Gasteiger partial charge in [0.15, 0.2) is 0 Å². The number of fused-ring (bicyclic) bond motifs is 1. The van der Waals surface area contributed by atoms with Gasteiger partial charge in [0, 0.05) is 42.1 Å². The molecular formula is C23H24N6O2. The van der Waals surface area contributed by atoms with Crippen LogP contribution in [0.3, 0.4) is 0 Å². The molecule has 0 unspecified atom stereocenters. The Bertz CT molecular complexity index is 1190. The molecule has 8 heteroatoms. The highest BCUT2D eigenvalue weighted by molar-refractivity contribution is 5.77. The van der Waals surface area contributed by atoms with Crippen LogP contribution < -0.4 is 15.8 Å². The number of hydrogen-bond acceptors (Lipinski definition) is 7. The number of ether oxygens (including phenoxy) is 1. The minimum absolute atomic E-state index is 0.0823. The van der Waals surface area contributed by atoms with Crippen molar-refractivity contribution in [1.82, 2.24) is 14.5 Å². The predicted molar refractivity (Wildman–Crippen MR) is 119 cm³/mol. The minimum atomic E-state index is -0.263. The molecule has 3 heterocycles. The lowest BCUT2D eigenvalue weighted by molar-refractivity contribution is 0.122. The second kappa shape index (κ2) is 8.36. The van der Waals surface area contributed by atoms with Crippen molar-refractivity contribution in [3.63, 3.8) is 0 Å². The molecule has 1 aromatic carbocycles. The second-order valence-corrected chi connectivity index (χ2v) is 8.03. The molecule has 1 aliphatic carbocycles. The minimum Gasteiger partial charge on any atom is -0.378 e. The summed E-state index contributed by atoms with van der Waals surface area (Å²) >= 11 is 0. The van der Waals surface area contributed by atoms with E-state index >= 15 is 0 Å². The van der Waals surface area contributed by atoms with Gasteiger partial charge in [-0.15, -0.1) is 0 Å². The quantitative estimate of drug-likeness (QED) is 0.697. The number of benzene rings is 1. The summed E-state index contributed by atoms with van der Waals surface area (Å²) < 4.78 is 7.12. The highest BCUT2D eigenvalue weighted by atomic mass is 16.5. The van der Waals surface area contributed by atoms with Crippen molar-refractivity contribution in [2.75, 3.05) is 36.5 Å². The Morgan fingerprint density at radius 1 is 1.13 bits per heavy atom. The molecule has 0 atom stereocenters. The average Bonchev–Trinajstić information content (AvgIpc) is 3.34. The van der Waals surface area contributed by atoms with Crippen LogP contribution in [0, 0.1) is 11.3 Å². The fourth-order valence-electron chi connectivity index (χ4n) is 4.47. The van der Waals surface area contributed by atoms with Crippen LogP contribution in [0.4, 0.5) is 17.3 Å². The maximum atomic E-state index is 12.9. The molecule has 1 saturated heterocycles. The number of anilines is 3. The normalized spacial score (nSPS) is 17.1. The van der Waals surface area contributed by atoms with Crippen LogP contribution >= 0.6 is 0 Å². The summed E-state index contributed by atoms with van der Waals surface area (Å²) in [6.07, 6.45) is 5.71. The van der Waals surface area contributed by atoms with Crippen molar-refractivity contribution >= 4 is 28.4 Å². The molecule has 0 radical (unpaired) electrons. The molecule has 1 saturated carbocycles. The Labute approximate surface area is 180 Å². The van der Waals surface area contributed by atoms with E-state index in [-0.39, 0.29) is 17.2 Å². The number of nitriles is 1. The first-order chi connectivity index (χ1) is 15.2. The van der Waals surface area contributed by atoms with Gasteiger partial charge in [0.1, 0.15) is 17.3 Å². The van der Waals surface area contributed by atoms with Crippen LogP contribution in [0.25, 0.3) is 11.0 Å². The van der Waals surface area contributed by atoms with Crippen molar-refractivity contribution in [2.24, 2.45) is 0 Å². The smallest absolute Gasteiger partial charge is 0.270 e. The molecule has 3 aromatic rings. The van der Waals surface area contributed by atoms with E-state index in [2.05, 4.69) is 32.3 Å². The van der Waals surface area contributed by atoms with Crippen molar-refractivity contribution in [3.05, 3.63) is 52.4 Å². The summed E-state index contributed by atoms with van der Waals surface area (Å²) in [6, 6.07) is 11.8. The standard InChI is InChI=1S/C23H24N6O2/c24-14-16-13-17-15-25-23(27-21(17)29(22(16)30)20-3-1-2-4-20)26-18-5-7-19(8-6-18)28-9-11-31-12-10-28/h5-8,13,15,20H,1-4,9-12H2,(H,25,26,27). The molecule has 1 aliphatic heterocycles. The van der Waals surface area contributed by atoms with Gasteiger partial charge in [-0.25, -0.2) is 4.98 Å². The van der Waals surface area contributed by atoms with Gasteiger partial charge in [0.2, 0.25) is 5.95 Å². The highest BCUT2D eigenvalue weighted by Gasteiger charge is 2.22. The van der Waals surface area contributed by atoms with E-state index in [4.69, 9.17) is 4.74 Å². The molecule has 2 aromatic heterocycles. The summed E-state index contributed by atoms with van der Waals surface area (Å²) in [6.45, 7) is 3.29. The zero-order chi connectivity index (χ0) is 21.2. The zero-order valence-corrected chi connectivity index (χ0v) is 17.3. The molecule has 1 N–H and O–H groups in total. The lowest BCUT2D eigenvalue weighted by atomic mass is 10.2. The van der Waals surface area contributed by atoms with E-state index in [1.165, 1.54) is 0 Å². The lowest BCUT2D eigenvalue weighted by Crippen LogP contribution is -2.36. The molecule has 5 rings (SSSR count). The summed E-state index contributed by atoms with van der Waals surface area (Å²) in [4.78, 5) is 24.3. The zero-order valence-electron chi connectivity index (χ0n) is 17.3. The maximum absolute atomic E-state index is 12.9. The van der Waals surface area contributed by atoms with Crippen LogP contribution in [0.1, 0.15) is 37.3 Å². The molecule has 158 valence electrons. The van der Waals surface area contributed by atoms with E-state index in [1.807, 2.05) is 18.2 Å². The van der Waals surface area contributed by atoms with Crippen molar-refractivity contribution in [2.45, 2.75) is 31.7 Å². The van der Waals surface area contributed by atoms with Crippen LogP contribution in [0.5, 0.6) is 0 Å². The number of morpholine rings is 1. The van der Waals surface area contributed by atoms with Crippen LogP contribution in [-0.2, 0) is 4.74 Å². The van der Waals surface area contributed by atoms with Crippen molar-refractivity contribution in [1.29, 1.82) is 5.26 Å². The van der Waals surface area contributed by atoms with E-state index < -0.39 is 0 Å². The fraction of sp³-hybridized carbons (Fsp3) is 0.391. The molecule has 8 nitrogen and oxygen atoms in total. The Morgan fingerprint density at radius 2 is 1.87 bits per heavy atom. The highest BCUT2D eigenvalue weighted by Crippen LogP contribution is 2.31. The van der Waals surface area contributed by atoms with Gasteiger partial charge in [-0.05, 0) is 43.2 Å². The number of rotatable bonds is 4. The average molecular weight is 416 g/mol. The fourth-order valence-corrected chi connectivity index (χ4v) is 4.47. The number of aromatic nitrogens is 3. The maximum Gasteiger partial charge on any atom is 0.270 e. The van der Waals surface area contributed by atoms with Gasteiger partial charge in [0.25, 0.3) is 5.56 Å². The van der Waals surface area contributed by atoms with E-state index in [0.29, 0.717) is 17.0 Å². The van der Waals surface area contributed by atoms with Gasteiger partial charge in [-0.2, -0.15) is 10.2 Å². The van der Waals surface area contributed by atoms with Gasteiger partial charge < -0.3 is 15.0 Å². The van der Waals surface area contributed by atoms with Crippen molar-refractivity contribution < 1.29 is 4.74 Å². The molecule has 31 heavy (non-hydrogen) atoms. The van der Waals surface area contributed by atoms with E-state index in [9.17, 15) is 10.1 Å². The topological polar surface area (TPSA) is 96.1 Å². The monoisotopic (exact) mass is 416 g/mol. The number of nitrogens with one attached hydrogen (secondary N) is 1. The Balaban J connectivity index is 1.46. The number of hydrogen-bond donors (Lipinski definition) is 1. The Hall–Kier alpha value is -3.44. The molecule has 2 aliphatic rings. The van der Waals surface area contributed by atoms with Crippen LogP contribution in [0.15, 0.2) is 41.3 Å². The summed E-state index contributed by atoms with van der Waals surface area (Å²) in [5.41, 5.74) is 2.49. The summed E-state index contributed by atoms with van der Waals surface area (Å²) in [5, 5.41) is 13.3. The first-order valence-electron chi connectivity index (χ1n) is 10.7. The molecule has 2 fully saturated rings. The molecule has 0 bridgehead atoms. The van der Waals surface area contributed by atoms with Crippen LogP contribution in [0.2, 0.25) is 0 Å². The van der Waals surface area contributed by atoms with Gasteiger partial charge in [0.05, 0.1) is 13.2 Å². The molecule has 0 amide bonds. The van der Waals surface area contributed by atoms with Gasteiger partial charge in [-0.3, -0.25) is 9.36 Å². The second-order valence-electron chi connectivity index (χ2n) is 8.03. The summed E-state index contributed by atoms with van der Waals surface area (Å²) in [7, 11) is 0.